The molecule has 1 aliphatic carbocycles. The number of carbonyl (C=O) groups is 2. The number of alkyl halides is 2. The molecule has 1 rings (SSSR count). The zero-order valence-electron chi connectivity index (χ0n) is 9.18. The van der Waals surface area contributed by atoms with Crippen LogP contribution in [0.25, 0.3) is 0 Å². The van der Waals surface area contributed by atoms with E-state index >= 15 is 0 Å². The van der Waals surface area contributed by atoms with Crippen LogP contribution in [0.1, 0.15) is 13.8 Å². The number of rotatable bonds is 2. The van der Waals surface area contributed by atoms with Gasteiger partial charge in [-0.05, 0) is 57.3 Å². The molecule has 0 bridgehead atoms. The molecule has 0 aliphatic heterocycles. The molecule has 4 nitrogen and oxygen atoms in total. The molecule has 0 spiro atoms. The highest BCUT2D eigenvalue weighted by Crippen LogP contribution is 2.38. The molecule has 0 aromatic carbocycles. The van der Waals surface area contributed by atoms with Gasteiger partial charge in [-0.3, -0.25) is 9.59 Å². The fraction of sp³-hybridized carbons (Fsp3) is 0.400. The van der Waals surface area contributed by atoms with Crippen LogP contribution in [0.3, 0.4) is 0 Å². The molecule has 0 saturated heterocycles. The lowest BCUT2D eigenvalue weighted by atomic mass is 10.1. The minimum Gasteiger partial charge on any atom is -0.337 e. The van der Waals surface area contributed by atoms with Gasteiger partial charge in [-0.2, -0.15) is 0 Å². The summed E-state index contributed by atoms with van der Waals surface area (Å²) in [6.45, 7) is 2.96. The third-order valence-electron chi connectivity index (χ3n) is 2.03. The van der Waals surface area contributed by atoms with Crippen LogP contribution in [0.15, 0.2) is 21.4 Å². The van der Waals surface area contributed by atoms with E-state index in [2.05, 4.69) is 78.4 Å². The van der Waals surface area contributed by atoms with E-state index in [4.69, 9.17) is 0 Å². The first-order chi connectivity index (χ1) is 7.76. The summed E-state index contributed by atoms with van der Waals surface area (Å²) in [4.78, 5) is 22.4. The highest BCUT2D eigenvalue weighted by molar-refractivity contribution is 14.1. The van der Waals surface area contributed by atoms with Crippen LogP contribution in [0.4, 0.5) is 0 Å². The first kappa shape index (κ1) is 15.7. The highest BCUT2D eigenvalue weighted by atomic mass is 127. The molecule has 17 heavy (non-hydrogen) atoms. The number of hydrogen-bond donors (Lipinski definition) is 2. The Bertz CT molecular complexity index is 420. The molecule has 94 valence electrons. The Morgan fingerprint density at radius 1 is 1.35 bits per heavy atom. The maximum Gasteiger partial charge on any atom is 0.221 e. The molecule has 2 atom stereocenters. The van der Waals surface area contributed by atoms with Gasteiger partial charge in [0.2, 0.25) is 11.8 Å². The summed E-state index contributed by atoms with van der Waals surface area (Å²) < 4.78 is 0.455. The normalized spacial score (nSPS) is 27.9. The van der Waals surface area contributed by atoms with E-state index in [-0.39, 0.29) is 15.7 Å². The standard InChI is InChI=1S/C10H11I3N2O2/c1-5(16)14-8-7(11)3-4-10(13,9(8)12)15-6(2)17/h3-4,9H,1-2H3,(H,14,16)(H,15,17). The van der Waals surface area contributed by atoms with Gasteiger partial charge in [0.25, 0.3) is 0 Å². The molecule has 2 N–H and O–H groups in total. The largest absolute Gasteiger partial charge is 0.337 e. The number of halogens is 3. The molecule has 0 radical (unpaired) electrons. The molecule has 0 aromatic heterocycles. The van der Waals surface area contributed by atoms with Crippen LogP contribution < -0.4 is 10.6 Å². The molecule has 0 fully saturated rings. The Hall–Kier alpha value is 0.610. The summed E-state index contributed by atoms with van der Waals surface area (Å²) >= 11 is 6.59. The van der Waals surface area contributed by atoms with Crippen LogP contribution in [0, 0.1) is 0 Å². The fourth-order valence-electron chi connectivity index (χ4n) is 1.39. The van der Waals surface area contributed by atoms with Crippen molar-refractivity contribution >= 4 is 79.6 Å². The van der Waals surface area contributed by atoms with Crippen LogP contribution in [0.2, 0.25) is 0 Å². The summed E-state index contributed by atoms with van der Waals surface area (Å²) in [6.07, 6.45) is 3.85. The number of nitrogens with one attached hydrogen (secondary N) is 2. The van der Waals surface area contributed by atoms with E-state index in [1.54, 1.807) is 0 Å². The van der Waals surface area contributed by atoms with Gasteiger partial charge in [-0.15, -0.1) is 0 Å². The Morgan fingerprint density at radius 2 is 1.94 bits per heavy atom. The van der Waals surface area contributed by atoms with Gasteiger partial charge >= 0.3 is 0 Å². The summed E-state index contributed by atoms with van der Waals surface area (Å²) in [5.41, 5.74) is 0.837. The van der Waals surface area contributed by atoms with Gasteiger partial charge in [0.05, 0.1) is 3.92 Å². The van der Waals surface area contributed by atoms with E-state index in [0.29, 0.717) is 0 Å². The van der Waals surface area contributed by atoms with Gasteiger partial charge in [-0.25, -0.2) is 0 Å². The van der Waals surface area contributed by atoms with Gasteiger partial charge in [0.15, 0.2) is 0 Å². The quantitative estimate of drug-likeness (QED) is 0.304. The SMILES string of the molecule is CC(=O)NC1=C(I)C=CC(I)(NC(C)=O)C1I. The summed E-state index contributed by atoms with van der Waals surface area (Å²) in [5, 5.41) is 5.72. The summed E-state index contributed by atoms with van der Waals surface area (Å²) in [5.74, 6) is -0.197. The molecule has 7 heteroatoms. The van der Waals surface area contributed by atoms with Gasteiger partial charge in [0.1, 0.15) is 3.55 Å². The third-order valence-corrected chi connectivity index (χ3v) is 7.02. The second kappa shape index (κ2) is 6.17. The van der Waals surface area contributed by atoms with Crippen LogP contribution in [0.5, 0.6) is 0 Å². The Morgan fingerprint density at radius 3 is 2.41 bits per heavy atom. The van der Waals surface area contributed by atoms with Crippen molar-refractivity contribution in [2.24, 2.45) is 0 Å². The van der Waals surface area contributed by atoms with Gasteiger partial charge < -0.3 is 10.6 Å². The average molecular weight is 572 g/mol. The maximum atomic E-state index is 11.2. The molecule has 2 unspecified atom stereocenters. The van der Waals surface area contributed by atoms with E-state index in [1.165, 1.54) is 13.8 Å². The van der Waals surface area contributed by atoms with E-state index in [9.17, 15) is 9.59 Å². The van der Waals surface area contributed by atoms with Gasteiger partial charge in [0, 0.05) is 23.1 Å². The highest BCUT2D eigenvalue weighted by Gasteiger charge is 2.39. The van der Waals surface area contributed by atoms with Crippen LogP contribution in [-0.4, -0.2) is 19.3 Å². The van der Waals surface area contributed by atoms with Crippen molar-refractivity contribution in [2.75, 3.05) is 0 Å². The Kier molecular flexibility index (Phi) is 5.69. The number of hydrogen-bond acceptors (Lipinski definition) is 2. The number of allylic oxidation sites excluding steroid dienone is 2. The predicted octanol–water partition coefficient (Wildman–Crippen LogP) is 2.41. The number of carbonyl (C=O) groups excluding carboxylic acids is 2. The van der Waals surface area contributed by atoms with Crippen molar-refractivity contribution in [3.8, 4) is 0 Å². The Balaban J connectivity index is 3.02. The first-order valence-electron chi connectivity index (χ1n) is 4.74. The minimum atomic E-state index is -0.503. The monoisotopic (exact) mass is 572 g/mol. The topological polar surface area (TPSA) is 58.2 Å². The molecule has 1 aliphatic rings. The van der Waals surface area contributed by atoms with Crippen molar-refractivity contribution in [1.82, 2.24) is 10.6 Å². The maximum absolute atomic E-state index is 11.2. The van der Waals surface area contributed by atoms with Crippen molar-refractivity contribution in [2.45, 2.75) is 21.3 Å². The molecule has 0 saturated carbocycles. The van der Waals surface area contributed by atoms with Crippen molar-refractivity contribution in [3.63, 3.8) is 0 Å². The molecular formula is C10H11I3N2O2. The van der Waals surface area contributed by atoms with Crippen molar-refractivity contribution < 1.29 is 9.59 Å². The first-order valence-corrected chi connectivity index (χ1v) is 8.15. The zero-order valence-corrected chi connectivity index (χ0v) is 15.7. The molecule has 2 amide bonds. The van der Waals surface area contributed by atoms with Crippen molar-refractivity contribution in [1.29, 1.82) is 0 Å². The van der Waals surface area contributed by atoms with Crippen molar-refractivity contribution in [3.05, 3.63) is 21.4 Å². The van der Waals surface area contributed by atoms with Crippen LogP contribution in [-0.2, 0) is 9.59 Å². The lowest BCUT2D eigenvalue weighted by Crippen LogP contribution is -2.51. The zero-order chi connectivity index (χ0) is 13.2. The third kappa shape index (κ3) is 4.04. The average Bonchev–Trinajstić information content (AvgIpc) is 2.18. The van der Waals surface area contributed by atoms with E-state index < -0.39 is 3.55 Å². The smallest absolute Gasteiger partial charge is 0.221 e. The minimum absolute atomic E-state index is 0.0228. The van der Waals surface area contributed by atoms with E-state index in [0.717, 1.165) is 9.28 Å². The number of amides is 2. The second-order valence-corrected chi connectivity index (χ2v) is 7.78. The lowest BCUT2D eigenvalue weighted by molar-refractivity contribution is -0.119. The Labute approximate surface area is 141 Å². The second-order valence-electron chi connectivity index (χ2n) is 3.59. The van der Waals surface area contributed by atoms with Gasteiger partial charge in [-0.1, -0.05) is 22.6 Å². The fourth-order valence-corrected chi connectivity index (χ4v) is 4.33. The van der Waals surface area contributed by atoms with E-state index in [1.807, 2.05) is 12.2 Å². The predicted molar refractivity (Wildman–Crippen MR) is 92.4 cm³/mol. The van der Waals surface area contributed by atoms with Crippen LogP contribution >= 0.6 is 67.8 Å². The summed E-state index contributed by atoms with van der Waals surface area (Å²) in [7, 11) is 0. The summed E-state index contributed by atoms with van der Waals surface area (Å²) in [6, 6.07) is 0. The molecular weight excluding hydrogens is 561 g/mol. The lowest BCUT2D eigenvalue weighted by Gasteiger charge is -2.35. The molecule has 0 aromatic rings. The molecule has 0 heterocycles.